The molecule has 1 aromatic carbocycles. The van der Waals surface area contributed by atoms with Gasteiger partial charge in [-0.05, 0) is 31.0 Å². The van der Waals surface area contributed by atoms with Gasteiger partial charge in [-0.3, -0.25) is 4.79 Å². The van der Waals surface area contributed by atoms with E-state index in [4.69, 9.17) is 0 Å². The molecule has 1 fully saturated rings. The van der Waals surface area contributed by atoms with Crippen LogP contribution in [0.1, 0.15) is 12.8 Å². The highest BCUT2D eigenvalue weighted by Gasteiger charge is 2.29. The van der Waals surface area contributed by atoms with Gasteiger partial charge in [0, 0.05) is 17.3 Å². The maximum Gasteiger partial charge on any atom is 0.354 e. The molecular weight excluding hydrogens is 300 g/mol. The third-order valence-electron chi connectivity index (χ3n) is 3.23. The van der Waals surface area contributed by atoms with E-state index < -0.39 is 11.9 Å². The van der Waals surface area contributed by atoms with Crippen LogP contribution in [0.15, 0.2) is 36.0 Å². The van der Waals surface area contributed by atoms with E-state index in [0.717, 1.165) is 18.9 Å². The van der Waals surface area contributed by atoms with Crippen molar-refractivity contribution in [2.45, 2.75) is 12.8 Å². The summed E-state index contributed by atoms with van der Waals surface area (Å²) >= 11 is 0. The van der Waals surface area contributed by atoms with Crippen molar-refractivity contribution in [3.05, 3.63) is 36.0 Å². The van der Waals surface area contributed by atoms with E-state index in [9.17, 15) is 14.4 Å². The molecule has 2 N–H and O–H groups in total. The van der Waals surface area contributed by atoms with Crippen LogP contribution in [0.25, 0.3) is 0 Å². The first-order chi connectivity index (χ1) is 11.0. The third kappa shape index (κ3) is 4.84. The van der Waals surface area contributed by atoms with Gasteiger partial charge < -0.3 is 20.1 Å². The van der Waals surface area contributed by atoms with Gasteiger partial charge in [0.1, 0.15) is 5.70 Å². The first kappa shape index (κ1) is 16.5. The molecule has 0 radical (unpaired) electrons. The van der Waals surface area contributed by atoms with Crippen LogP contribution in [0.3, 0.4) is 0 Å². The number of esters is 2. The van der Waals surface area contributed by atoms with Gasteiger partial charge in [-0.1, -0.05) is 6.07 Å². The molecule has 0 heterocycles. The number of carbonyl (C=O) groups excluding carboxylic acids is 3. The number of methoxy groups -OCH3 is 2. The van der Waals surface area contributed by atoms with Crippen LogP contribution in [0.4, 0.5) is 11.4 Å². The van der Waals surface area contributed by atoms with Gasteiger partial charge >= 0.3 is 11.9 Å². The number of ether oxygens (including phenoxy) is 2. The Hall–Kier alpha value is -2.83. The zero-order chi connectivity index (χ0) is 16.8. The molecule has 23 heavy (non-hydrogen) atoms. The van der Waals surface area contributed by atoms with Gasteiger partial charge in [0.2, 0.25) is 5.91 Å². The number of hydrogen-bond acceptors (Lipinski definition) is 6. The molecule has 0 saturated heterocycles. The summed E-state index contributed by atoms with van der Waals surface area (Å²) in [6.07, 6.45) is 2.83. The Morgan fingerprint density at radius 2 is 1.74 bits per heavy atom. The minimum Gasteiger partial charge on any atom is -0.466 e. The Bertz CT molecular complexity index is 650. The van der Waals surface area contributed by atoms with Crippen molar-refractivity contribution < 1.29 is 23.9 Å². The fourth-order valence-corrected chi connectivity index (χ4v) is 1.85. The minimum absolute atomic E-state index is 0.0135. The van der Waals surface area contributed by atoms with E-state index in [1.54, 1.807) is 24.3 Å². The summed E-state index contributed by atoms with van der Waals surface area (Å²) < 4.78 is 9.12. The Kier molecular flexibility index (Phi) is 5.35. The van der Waals surface area contributed by atoms with E-state index in [1.165, 1.54) is 14.2 Å². The van der Waals surface area contributed by atoms with Crippen molar-refractivity contribution in [3.8, 4) is 0 Å². The second-order valence-electron chi connectivity index (χ2n) is 5.04. The summed E-state index contributed by atoms with van der Waals surface area (Å²) in [5.41, 5.74) is 1.07. The molecule has 1 amide bonds. The molecule has 0 spiro atoms. The van der Waals surface area contributed by atoms with Crippen molar-refractivity contribution in [2.24, 2.45) is 5.92 Å². The fourth-order valence-electron chi connectivity index (χ4n) is 1.85. The molecule has 7 heteroatoms. The zero-order valence-electron chi connectivity index (χ0n) is 12.9. The Morgan fingerprint density at radius 3 is 2.30 bits per heavy atom. The molecule has 2 rings (SSSR count). The van der Waals surface area contributed by atoms with Gasteiger partial charge in [-0.2, -0.15) is 0 Å². The molecule has 1 saturated carbocycles. The average molecular weight is 318 g/mol. The quantitative estimate of drug-likeness (QED) is 0.612. The highest BCUT2D eigenvalue weighted by atomic mass is 16.5. The summed E-state index contributed by atoms with van der Waals surface area (Å²) in [4.78, 5) is 34.8. The lowest BCUT2D eigenvalue weighted by Crippen LogP contribution is -2.16. The van der Waals surface area contributed by atoms with Crippen molar-refractivity contribution in [1.82, 2.24) is 0 Å². The Labute approximate surface area is 133 Å². The van der Waals surface area contributed by atoms with Gasteiger partial charge in [0.25, 0.3) is 0 Å². The normalized spacial score (nSPS) is 13.9. The lowest BCUT2D eigenvalue weighted by molar-refractivity contribution is -0.138. The third-order valence-corrected chi connectivity index (χ3v) is 3.23. The van der Waals surface area contributed by atoms with Crippen molar-refractivity contribution in [3.63, 3.8) is 0 Å². The molecule has 0 atom stereocenters. The molecule has 0 unspecified atom stereocenters. The molecule has 1 aliphatic rings. The Morgan fingerprint density at radius 1 is 1.09 bits per heavy atom. The molecule has 0 aliphatic heterocycles. The maximum absolute atomic E-state index is 11.8. The SMILES string of the molecule is COC(=O)/C=C(/Nc1cccc(NC(=O)C2CC2)c1)C(=O)OC. The summed E-state index contributed by atoms with van der Waals surface area (Å²) in [7, 11) is 2.42. The van der Waals surface area contributed by atoms with Crippen LogP contribution < -0.4 is 10.6 Å². The number of carbonyl (C=O) groups is 3. The van der Waals surface area contributed by atoms with Crippen molar-refractivity contribution in [2.75, 3.05) is 24.9 Å². The number of nitrogens with one attached hydrogen (secondary N) is 2. The maximum atomic E-state index is 11.8. The topological polar surface area (TPSA) is 93.7 Å². The van der Waals surface area contributed by atoms with Gasteiger partial charge in [-0.25, -0.2) is 9.59 Å². The van der Waals surface area contributed by atoms with Crippen molar-refractivity contribution >= 4 is 29.2 Å². The van der Waals surface area contributed by atoms with Gasteiger partial charge in [0.05, 0.1) is 20.3 Å². The summed E-state index contributed by atoms with van der Waals surface area (Å²) in [5, 5.41) is 5.59. The number of benzene rings is 1. The lowest BCUT2D eigenvalue weighted by atomic mass is 10.2. The van der Waals surface area contributed by atoms with E-state index in [2.05, 4.69) is 20.1 Å². The smallest absolute Gasteiger partial charge is 0.354 e. The highest BCUT2D eigenvalue weighted by Crippen LogP contribution is 2.30. The molecule has 0 bridgehead atoms. The lowest BCUT2D eigenvalue weighted by Gasteiger charge is -2.11. The second kappa shape index (κ2) is 7.44. The molecular formula is C16H18N2O5. The average Bonchev–Trinajstić information content (AvgIpc) is 3.38. The molecule has 0 aromatic heterocycles. The number of hydrogen-bond donors (Lipinski definition) is 2. The van der Waals surface area contributed by atoms with E-state index >= 15 is 0 Å². The van der Waals surface area contributed by atoms with Crippen LogP contribution in [-0.4, -0.2) is 32.1 Å². The van der Waals surface area contributed by atoms with Gasteiger partial charge in [-0.15, -0.1) is 0 Å². The van der Waals surface area contributed by atoms with Crippen LogP contribution >= 0.6 is 0 Å². The molecule has 1 aromatic rings. The van der Waals surface area contributed by atoms with Crippen LogP contribution in [0, 0.1) is 5.92 Å². The zero-order valence-corrected chi connectivity index (χ0v) is 12.9. The molecule has 1 aliphatic carbocycles. The highest BCUT2D eigenvalue weighted by molar-refractivity contribution is 5.99. The number of rotatable bonds is 6. The van der Waals surface area contributed by atoms with E-state index in [1.807, 2.05) is 0 Å². The summed E-state index contributed by atoms with van der Waals surface area (Å²) in [6.45, 7) is 0. The fraction of sp³-hybridized carbons (Fsp3) is 0.312. The number of anilines is 2. The largest absolute Gasteiger partial charge is 0.466 e. The standard InChI is InChI=1S/C16H18N2O5/c1-22-14(19)9-13(16(21)23-2)17-11-4-3-5-12(8-11)18-15(20)10-6-7-10/h3-5,8-10,17H,6-7H2,1-2H3,(H,18,20)/b13-9+. The van der Waals surface area contributed by atoms with Crippen molar-refractivity contribution in [1.29, 1.82) is 0 Å². The van der Waals surface area contributed by atoms with E-state index in [-0.39, 0.29) is 17.5 Å². The molecule has 122 valence electrons. The monoisotopic (exact) mass is 318 g/mol. The first-order valence-electron chi connectivity index (χ1n) is 7.09. The summed E-state index contributed by atoms with van der Waals surface area (Å²) in [6, 6.07) is 6.82. The van der Waals surface area contributed by atoms with Crippen LogP contribution in [0.5, 0.6) is 0 Å². The number of amides is 1. The Balaban J connectivity index is 2.12. The summed E-state index contributed by atoms with van der Waals surface area (Å²) in [5.74, 6) is -1.31. The predicted octanol–water partition coefficient (Wildman–Crippen LogP) is 1.68. The predicted molar refractivity (Wildman–Crippen MR) is 83.5 cm³/mol. The van der Waals surface area contributed by atoms with Crippen LogP contribution in [0.2, 0.25) is 0 Å². The van der Waals surface area contributed by atoms with E-state index in [0.29, 0.717) is 11.4 Å². The van der Waals surface area contributed by atoms with Gasteiger partial charge in [0.15, 0.2) is 0 Å². The first-order valence-corrected chi connectivity index (χ1v) is 7.09. The second-order valence-corrected chi connectivity index (χ2v) is 5.04. The minimum atomic E-state index is -0.706. The molecule has 7 nitrogen and oxygen atoms in total. The van der Waals surface area contributed by atoms with Crippen LogP contribution in [-0.2, 0) is 23.9 Å².